The summed E-state index contributed by atoms with van der Waals surface area (Å²) >= 11 is 12.2. The summed E-state index contributed by atoms with van der Waals surface area (Å²) in [7, 11) is 0. The first kappa shape index (κ1) is 9.08. The van der Waals surface area contributed by atoms with Gasteiger partial charge in [0.25, 0.3) is 0 Å². The second-order valence-electron chi connectivity index (χ2n) is 3.35. The SMILES string of the molecule is Clc1c(-c2ccccc2)cc2c(c1Cl)O2. The second-order valence-corrected chi connectivity index (χ2v) is 4.10. The molecule has 0 unspecified atom stereocenters. The van der Waals surface area contributed by atoms with Gasteiger partial charge in [0, 0.05) is 5.56 Å². The number of halogens is 2. The van der Waals surface area contributed by atoms with E-state index in [1.54, 1.807) is 0 Å². The zero-order valence-corrected chi connectivity index (χ0v) is 9.14. The highest BCUT2D eigenvalue weighted by Crippen LogP contribution is 2.56. The van der Waals surface area contributed by atoms with Gasteiger partial charge in [-0.15, -0.1) is 0 Å². The minimum atomic E-state index is 0.507. The summed E-state index contributed by atoms with van der Waals surface area (Å²) in [4.78, 5) is 0. The molecule has 1 aliphatic rings. The van der Waals surface area contributed by atoms with E-state index < -0.39 is 0 Å². The van der Waals surface area contributed by atoms with Gasteiger partial charge in [0.05, 0.1) is 5.02 Å². The average Bonchev–Trinajstić information content (AvgIpc) is 3.04. The first-order valence-corrected chi connectivity index (χ1v) is 5.28. The smallest absolute Gasteiger partial charge is 0.190 e. The predicted octanol–water partition coefficient (Wildman–Crippen LogP) is 4.77. The van der Waals surface area contributed by atoms with Gasteiger partial charge in [-0.05, 0) is 11.6 Å². The van der Waals surface area contributed by atoms with Crippen LogP contribution in [0.3, 0.4) is 0 Å². The first-order chi connectivity index (χ1) is 7.27. The van der Waals surface area contributed by atoms with E-state index in [2.05, 4.69) is 0 Å². The fourth-order valence-electron chi connectivity index (χ4n) is 1.57. The van der Waals surface area contributed by atoms with Crippen molar-refractivity contribution in [1.29, 1.82) is 0 Å². The van der Waals surface area contributed by atoms with Gasteiger partial charge in [0.15, 0.2) is 11.5 Å². The normalized spacial score (nSPS) is 11.9. The van der Waals surface area contributed by atoms with Crippen molar-refractivity contribution in [3.63, 3.8) is 0 Å². The van der Waals surface area contributed by atoms with Crippen LogP contribution in [0.1, 0.15) is 0 Å². The van der Waals surface area contributed by atoms with Gasteiger partial charge >= 0.3 is 0 Å². The Hall–Kier alpha value is -1.18. The molecule has 3 heteroatoms. The van der Waals surface area contributed by atoms with Crippen LogP contribution in [0.5, 0.6) is 11.5 Å². The molecule has 1 nitrogen and oxygen atoms in total. The highest BCUT2D eigenvalue weighted by molar-refractivity contribution is 6.45. The molecule has 0 amide bonds. The van der Waals surface area contributed by atoms with Crippen LogP contribution in [0.15, 0.2) is 36.4 Å². The molecular weight excluding hydrogens is 231 g/mol. The molecule has 1 aliphatic heterocycles. The molecule has 0 aromatic heterocycles. The maximum Gasteiger partial charge on any atom is 0.190 e. The van der Waals surface area contributed by atoms with Crippen LogP contribution < -0.4 is 4.74 Å². The third kappa shape index (κ3) is 1.39. The van der Waals surface area contributed by atoms with Crippen molar-refractivity contribution in [1.82, 2.24) is 0 Å². The molecule has 0 aliphatic carbocycles. The number of benzene rings is 2. The zero-order chi connectivity index (χ0) is 10.4. The number of rotatable bonds is 1. The van der Waals surface area contributed by atoms with Crippen LogP contribution in [-0.4, -0.2) is 0 Å². The van der Waals surface area contributed by atoms with Gasteiger partial charge in [-0.3, -0.25) is 0 Å². The molecule has 0 saturated heterocycles. The van der Waals surface area contributed by atoms with Crippen molar-refractivity contribution >= 4 is 23.2 Å². The molecule has 3 rings (SSSR count). The van der Waals surface area contributed by atoms with Crippen molar-refractivity contribution < 1.29 is 4.74 Å². The number of fused-ring (bicyclic) bond motifs is 1. The van der Waals surface area contributed by atoms with Crippen molar-refractivity contribution in [3.05, 3.63) is 46.4 Å². The number of hydrogen-bond donors (Lipinski definition) is 0. The van der Waals surface area contributed by atoms with E-state index in [9.17, 15) is 0 Å². The van der Waals surface area contributed by atoms with Crippen LogP contribution in [0.4, 0.5) is 0 Å². The largest absolute Gasteiger partial charge is 0.448 e. The Morgan fingerprint density at radius 3 is 2.40 bits per heavy atom. The number of ether oxygens (including phenoxy) is 1. The molecule has 2 aromatic rings. The predicted molar refractivity (Wildman–Crippen MR) is 62.0 cm³/mol. The van der Waals surface area contributed by atoms with Crippen LogP contribution in [0, 0.1) is 0 Å². The maximum absolute atomic E-state index is 6.15. The maximum atomic E-state index is 6.15. The number of hydrogen-bond acceptors (Lipinski definition) is 1. The van der Waals surface area contributed by atoms with Crippen molar-refractivity contribution in [3.8, 4) is 22.6 Å². The molecule has 0 N–H and O–H groups in total. The Kier molecular flexibility index (Phi) is 1.91. The standard InChI is InChI=1S/C12H6Cl2O/c13-10-8(7-4-2-1-3-5-7)6-9-12(15-9)11(10)14/h1-6H. The molecule has 0 fully saturated rings. The lowest BCUT2D eigenvalue weighted by molar-refractivity contribution is 0.650. The molecular formula is C12H6Cl2O. The van der Waals surface area contributed by atoms with Gasteiger partial charge in [-0.25, -0.2) is 0 Å². The molecule has 1 heterocycles. The van der Waals surface area contributed by atoms with Gasteiger partial charge in [-0.2, -0.15) is 0 Å². The summed E-state index contributed by atoms with van der Waals surface area (Å²) in [5, 5.41) is 1.06. The Balaban J connectivity index is 2.23. The molecule has 15 heavy (non-hydrogen) atoms. The van der Waals surface area contributed by atoms with E-state index in [1.807, 2.05) is 36.4 Å². The summed E-state index contributed by atoms with van der Waals surface area (Å²) in [5.74, 6) is 1.53. The molecule has 0 spiro atoms. The monoisotopic (exact) mass is 236 g/mol. The molecule has 74 valence electrons. The van der Waals surface area contributed by atoms with E-state index >= 15 is 0 Å². The van der Waals surface area contributed by atoms with E-state index in [0.717, 1.165) is 16.9 Å². The van der Waals surface area contributed by atoms with Crippen LogP contribution in [-0.2, 0) is 0 Å². The van der Waals surface area contributed by atoms with Gasteiger partial charge in [0.2, 0.25) is 0 Å². The minimum Gasteiger partial charge on any atom is -0.448 e. The van der Waals surface area contributed by atoms with E-state index in [1.165, 1.54) is 0 Å². The van der Waals surface area contributed by atoms with Gasteiger partial charge in [0.1, 0.15) is 5.02 Å². The van der Waals surface area contributed by atoms with E-state index in [0.29, 0.717) is 15.8 Å². The molecule has 0 radical (unpaired) electrons. The summed E-state index contributed by atoms with van der Waals surface area (Å²) in [6.45, 7) is 0. The topological polar surface area (TPSA) is 12.5 Å². The van der Waals surface area contributed by atoms with E-state index in [-0.39, 0.29) is 0 Å². The van der Waals surface area contributed by atoms with Crippen LogP contribution in [0.25, 0.3) is 11.1 Å². The van der Waals surface area contributed by atoms with Gasteiger partial charge < -0.3 is 4.74 Å². The Bertz CT molecular complexity index is 535. The molecule has 0 atom stereocenters. The highest BCUT2D eigenvalue weighted by atomic mass is 35.5. The third-order valence-electron chi connectivity index (χ3n) is 2.38. The minimum absolute atomic E-state index is 0.507. The highest BCUT2D eigenvalue weighted by Gasteiger charge is 2.28. The van der Waals surface area contributed by atoms with Gasteiger partial charge in [-0.1, -0.05) is 53.5 Å². The molecule has 0 bridgehead atoms. The lowest BCUT2D eigenvalue weighted by Crippen LogP contribution is -1.76. The Labute approximate surface area is 97.2 Å². The Morgan fingerprint density at radius 2 is 1.67 bits per heavy atom. The lowest BCUT2D eigenvalue weighted by atomic mass is 10.1. The quantitative estimate of drug-likeness (QED) is 0.555. The second kappa shape index (κ2) is 3.16. The fraction of sp³-hybridized carbons (Fsp3) is 0. The van der Waals surface area contributed by atoms with E-state index in [4.69, 9.17) is 27.9 Å². The van der Waals surface area contributed by atoms with Crippen molar-refractivity contribution in [2.45, 2.75) is 0 Å². The lowest BCUT2D eigenvalue weighted by Gasteiger charge is -2.02. The summed E-state index contributed by atoms with van der Waals surface area (Å²) in [6.07, 6.45) is 0. The summed E-state index contributed by atoms with van der Waals surface area (Å²) in [6, 6.07) is 11.8. The zero-order valence-electron chi connectivity index (χ0n) is 7.63. The summed E-state index contributed by atoms with van der Waals surface area (Å²) < 4.78 is 5.19. The third-order valence-corrected chi connectivity index (χ3v) is 3.23. The van der Waals surface area contributed by atoms with Crippen LogP contribution in [0.2, 0.25) is 10.0 Å². The van der Waals surface area contributed by atoms with Crippen molar-refractivity contribution in [2.24, 2.45) is 0 Å². The van der Waals surface area contributed by atoms with Crippen LogP contribution >= 0.6 is 23.2 Å². The Morgan fingerprint density at radius 1 is 0.933 bits per heavy atom. The van der Waals surface area contributed by atoms with Crippen molar-refractivity contribution in [2.75, 3.05) is 0 Å². The molecule has 2 aromatic carbocycles. The molecule has 0 saturated carbocycles. The average molecular weight is 237 g/mol. The summed E-state index contributed by atoms with van der Waals surface area (Å²) in [5.41, 5.74) is 1.96. The first-order valence-electron chi connectivity index (χ1n) is 4.52. The fourth-order valence-corrected chi connectivity index (χ4v) is 2.06.